The number of hydrogen-bond acceptors (Lipinski definition) is 3. The zero-order chi connectivity index (χ0) is 18.4. The van der Waals surface area contributed by atoms with E-state index in [1.807, 2.05) is 35.2 Å². The van der Waals surface area contributed by atoms with Gasteiger partial charge in [0.15, 0.2) is 0 Å². The van der Waals surface area contributed by atoms with Gasteiger partial charge in [0.2, 0.25) is 11.8 Å². The van der Waals surface area contributed by atoms with Crippen LogP contribution in [-0.2, 0) is 9.59 Å². The van der Waals surface area contributed by atoms with Crippen LogP contribution in [-0.4, -0.2) is 36.3 Å². The Morgan fingerprint density at radius 2 is 1.73 bits per heavy atom. The van der Waals surface area contributed by atoms with Crippen LogP contribution in [0.25, 0.3) is 0 Å². The highest BCUT2D eigenvalue weighted by Crippen LogP contribution is 2.39. The molecule has 26 heavy (non-hydrogen) atoms. The number of carbonyl (C=O) groups excluding carboxylic acids is 2. The number of benzene rings is 1. The molecule has 0 spiro atoms. The van der Waals surface area contributed by atoms with E-state index in [0.29, 0.717) is 26.1 Å². The second-order valence-electron chi connectivity index (χ2n) is 7.95. The van der Waals surface area contributed by atoms with E-state index >= 15 is 0 Å². The van der Waals surface area contributed by atoms with Gasteiger partial charge in [-0.3, -0.25) is 9.59 Å². The number of nitrogens with zero attached hydrogens (tertiary/aromatic N) is 1. The quantitative estimate of drug-likeness (QED) is 0.850. The summed E-state index contributed by atoms with van der Waals surface area (Å²) in [4.78, 5) is 27.1. The van der Waals surface area contributed by atoms with E-state index in [2.05, 4.69) is 5.32 Å². The van der Waals surface area contributed by atoms with Gasteiger partial charge in [-0.15, -0.1) is 0 Å². The van der Waals surface area contributed by atoms with Crippen LogP contribution in [0.3, 0.4) is 0 Å². The molecule has 1 aliphatic heterocycles. The Balaban J connectivity index is 1.48. The lowest BCUT2D eigenvalue weighted by Crippen LogP contribution is -2.45. The van der Waals surface area contributed by atoms with Crippen molar-refractivity contribution in [3.63, 3.8) is 0 Å². The van der Waals surface area contributed by atoms with Gasteiger partial charge >= 0.3 is 0 Å². The summed E-state index contributed by atoms with van der Waals surface area (Å²) in [5.74, 6) is 0.269. The third-order valence-electron chi connectivity index (χ3n) is 6.13. The van der Waals surface area contributed by atoms with E-state index in [9.17, 15) is 9.59 Å². The molecular weight excluding hydrogens is 326 g/mol. The number of anilines is 1. The van der Waals surface area contributed by atoms with E-state index in [4.69, 9.17) is 5.73 Å². The number of rotatable bonds is 5. The van der Waals surface area contributed by atoms with Crippen molar-refractivity contribution >= 4 is 17.5 Å². The maximum Gasteiger partial charge on any atom is 0.227 e. The van der Waals surface area contributed by atoms with Crippen molar-refractivity contribution in [2.75, 3.05) is 25.0 Å². The van der Waals surface area contributed by atoms with Gasteiger partial charge in [-0.1, -0.05) is 37.5 Å². The predicted molar refractivity (Wildman–Crippen MR) is 104 cm³/mol. The Morgan fingerprint density at radius 3 is 2.35 bits per heavy atom. The number of likely N-dealkylation sites (tertiary alicyclic amines) is 1. The normalized spacial score (nSPS) is 20.6. The molecule has 3 N–H and O–H groups in total. The number of piperidine rings is 1. The smallest absolute Gasteiger partial charge is 0.227 e. The Hall–Kier alpha value is -1.88. The first-order chi connectivity index (χ1) is 12.6. The van der Waals surface area contributed by atoms with Gasteiger partial charge in [-0.05, 0) is 49.8 Å². The Kier molecular flexibility index (Phi) is 6.30. The van der Waals surface area contributed by atoms with Crippen LogP contribution < -0.4 is 11.1 Å². The molecule has 1 saturated carbocycles. The van der Waals surface area contributed by atoms with Crippen molar-refractivity contribution in [1.29, 1.82) is 0 Å². The lowest BCUT2D eigenvalue weighted by molar-refractivity contribution is -0.137. The molecular formula is C21H31N3O2. The molecule has 0 radical (unpaired) electrons. The average molecular weight is 357 g/mol. The summed E-state index contributed by atoms with van der Waals surface area (Å²) in [5.41, 5.74) is 6.87. The summed E-state index contributed by atoms with van der Waals surface area (Å²) < 4.78 is 0. The van der Waals surface area contributed by atoms with Crippen LogP contribution in [0, 0.1) is 11.3 Å². The van der Waals surface area contributed by atoms with Crippen molar-refractivity contribution in [3.8, 4) is 0 Å². The lowest BCUT2D eigenvalue weighted by Gasteiger charge is -2.38. The predicted octanol–water partition coefficient (Wildman–Crippen LogP) is 3.16. The molecule has 1 heterocycles. The molecule has 2 aliphatic rings. The van der Waals surface area contributed by atoms with E-state index in [-0.39, 0.29) is 23.1 Å². The van der Waals surface area contributed by atoms with Crippen LogP contribution in [0.2, 0.25) is 0 Å². The zero-order valence-corrected chi connectivity index (χ0v) is 15.6. The van der Waals surface area contributed by atoms with Crippen LogP contribution in [0.15, 0.2) is 30.3 Å². The number of nitrogens with two attached hydrogens (primary N) is 1. The maximum absolute atomic E-state index is 12.8. The van der Waals surface area contributed by atoms with Crippen LogP contribution in [0.1, 0.15) is 51.4 Å². The monoisotopic (exact) mass is 357 g/mol. The first-order valence-corrected chi connectivity index (χ1v) is 9.96. The van der Waals surface area contributed by atoms with Crippen LogP contribution in [0.4, 0.5) is 5.69 Å². The summed E-state index contributed by atoms with van der Waals surface area (Å²) in [7, 11) is 0. The van der Waals surface area contributed by atoms with Gasteiger partial charge in [0.1, 0.15) is 0 Å². The minimum Gasteiger partial charge on any atom is -0.343 e. The number of amides is 2. The first kappa shape index (κ1) is 18.9. The third kappa shape index (κ3) is 4.64. The largest absolute Gasteiger partial charge is 0.343 e. The summed E-state index contributed by atoms with van der Waals surface area (Å²) in [6, 6.07) is 9.55. The molecule has 0 unspecified atom stereocenters. The van der Waals surface area contributed by atoms with Crippen molar-refractivity contribution in [2.45, 2.75) is 51.4 Å². The molecule has 3 rings (SSSR count). The highest BCUT2D eigenvalue weighted by molar-refractivity contribution is 5.92. The SMILES string of the molecule is NCC1(CC(=O)N2CCC(C(=O)Nc3ccccc3)CC2)CCCCC1. The van der Waals surface area contributed by atoms with Crippen LogP contribution in [0.5, 0.6) is 0 Å². The summed E-state index contributed by atoms with van der Waals surface area (Å²) in [6.07, 6.45) is 7.83. The lowest BCUT2D eigenvalue weighted by atomic mass is 9.71. The average Bonchev–Trinajstić information content (AvgIpc) is 2.69. The van der Waals surface area contributed by atoms with Gasteiger partial charge in [0.05, 0.1) is 0 Å². The Labute approximate surface area is 156 Å². The number of nitrogens with one attached hydrogen (secondary N) is 1. The van der Waals surface area contributed by atoms with Gasteiger partial charge in [0, 0.05) is 31.1 Å². The van der Waals surface area contributed by atoms with Crippen LogP contribution >= 0.6 is 0 Å². The molecule has 142 valence electrons. The van der Waals surface area contributed by atoms with E-state index in [0.717, 1.165) is 31.4 Å². The third-order valence-corrected chi connectivity index (χ3v) is 6.13. The standard InChI is InChI=1S/C21H31N3O2/c22-16-21(11-5-2-6-12-21)15-19(25)24-13-9-17(10-14-24)20(26)23-18-7-3-1-4-8-18/h1,3-4,7-8,17H,2,5-6,9-16,22H2,(H,23,26). The molecule has 1 aliphatic carbocycles. The molecule has 5 heteroatoms. The summed E-state index contributed by atoms with van der Waals surface area (Å²) in [6.45, 7) is 1.95. The minimum atomic E-state index is -0.0163. The van der Waals surface area contributed by atoms with E-state index < -0.39 is 0 Å². The highest BCUT2D eigenvalue weighted by Gasteiger charge is 2.35. The second kappa shape index (κ2) is 8.67. The fraction of sp³-hybridized carbons (Fsp3) is 0.619. The van der Waals surface area contributed by atoms with Gasteiger partial charge in [-0.25, -0.2) is 0 Å². The highest BCUT2D eigenvalue weighted by atomic mass is 16.2. The summed E-state index contributed by atoms with van der Waals surface area (Å²) in [5, 5.41) is 2.98. The number of para-hydroxylation sites is 1. The van der Waals surface area contributed by atoms with Crippen molar-refractivity contribution in [3.05, 3.63) is 30.3 Å². The number of hydrogen-bond donors (Lipinski definition) is 2. The molecule has 0 bridgehead atoms. The molecule has 0 aromatic heterocycles. The van der Waals surface area contributed by atoms with Gasteiger partial charge in [0.25, 0.3) is 0 Å². The van der Waals surface area contributed by atoms with Gasteiger partial charge < -0.3 is 16.0 Å². The number of carbonyl (C=O) groups is 2. The molecule has 1 saturated heterocycles. The molecule has 2 amide bonds. The van der Waals surface area contributed by atoms with Gasteiger partial charge in [-0.2, -0.15) is 0 Å². The molecule has 0 atom stereocenters. The molecule has 5 nitrogen and oxygen atoms in total. The second-order valence-corrected chi connectivity index (χ2v) is 7.95. The summed E-state index contributed by atoms with van der Waals surface area (Å²) >= 11 is 0. The van der Waals surface area contributed by atoms with Crippen molar-refractivity contribution in [1.82, 2.24) is 4.90 Å². The Bertz CT molecular complexity index is 603. The Morgan fingerprint density at radius 1 is 1.08 bits per heavy atom. The minimum absolute atomic E-state index is 0.0108. The van der Waals surface area contributed by atoms with Crippen molar-refractivity contribution in [2.24, 2.45) is 17.1 Å². The topological polar surface area (TPSA) is 75.4 Å². The first-order valence-electron chi connectivity index (χ1n) is 9.96. The molecule has 1 aromatic carbocycles. The molecule has 2 fully saturated rings. The fourth-order valence-corrected chi connectivity index (χ4v) is 4.34. The van der Waals surface area contributed by atoms with E-state index in [1.165, 1.54) is 19.3 Å². The maximum atomic E-state index is 12.8. The van der Waals surface area contributed by atoms with E-state index in [1.54, 1.807) is 0 Å². The fourth-order valence-electron chi connectivity index (χ4n) is 4.34. The zero-order valence-electron chi connectivity index (χ0n) is 15.6. The molecule has 1 aromatic rings. The van der Waals surface area contributed by atoms with Crippen molar-refractivity contribution < 1.29 is 9.59 Å².